The van der Waals surface area contributed by atoms with Crippen LogP contribution in [0.1, 0.15) is 82.3 Å². The van der Waals surface area contributed by atoms with Crippen LogP contribution >= 0.6 is 0 Å². The molecule has 0 radical (unpaired) electrons. The van der Waals surface area contributed by atoms with E-state index < -0.39 is 11.9 Å². The minimum absolute atomic E-state index is 0.0220. The number of esters is 2. The van der Waals surface area contributed by atoms with Crippen molar-refractivity contribution >= 4 is 11.9 Å². The second kappa shape index (κ2) is 23.0. The van der Waals surface area contributed by atoms with Gasteiger partial charge in [0.1, 0.15) is 17.8 Å². The molecule has 376 valence electrons. The molecular formula is C54H74N2O13+2. The van der Waals surface area contributed by atoms with Crippen LogP contribution in [0.2, 0.25) is 0 Å². The fourth-order valence-electron chi connectivity index (χ4n) is 10.6. The first-order chi connectivity index (χ1) is 33.2. The van der Waals surface area contributed by atoms with E-state index in [-0.39, 0.29) is 38.1 Å². The van der Waals surface area contributed by atoms with Crippen molar-refractivity contribution in [3.63, 3.8) is 0 Å². The molecular weight excluding hydrogens is 885 g/mol. The van der Waals surface area contributed by atoms with Gasteiger partial charge >= 0.3 is 11.9 Å². The van der Waals surface area contributed by atoms with E-state index in [1.54, 1.807) is 64.0 Å². The van der Waals surface area contributed by atoms with Crippen molar-refractivity contribution in [3.05, 3.63) is 87.0 Å². The predicted molar refractivity (Wildman–Crippen MR) is 262 cm³/mol. The summed E-state index contributed by atoms with van der Waals surface area (Å²) in [5.41, 5.74) is 9.06. The van der Waals surface area contributed by atoms with Gasteiger partial charge in [-0.3, -0.25) is 9.59 Å². The Labute approximate surface area is 408 Å². The Balaban J connectivity index is 1.06. The van der Waals surface area contributed by atoms with Crippen LogP contribution in [0.5, 0.6) is 51.7 Å². The fourth-order valence-corrected chi connectivity index (χ4v) is 10.6. The topological polar surface area (TPSA) is 136 Å². The third-order valence-electron chi connectivity index (χ3n) is 14.4. The van der Waals surface area contributed by atoms with Gasteiger partial charge in [0.25, 0.3) is 0 Å². The number of quaternary nitrogens is 2. The number of fused-ring (bicyclic) bond motifs is 2. The highest BCUT2D eigenvalue weighted by Crippen LogP contribution is 2.50. The van der Waals surface area contributed by atoms with E-state index in [4.69, 9.17) is 52.1 Å². The molecule has 2 aliphatic heterocycles. The normalized spacial score (nSPS) is 19.3. The van der Waals surface area contributed by atoms with Gasteiger partial charge < -0.3 is 61.1 Å². The molecule has 15 nitrogen and oxygen atoms in total. The Morgan fingerprint density at radius 3 is 1.51 bits per heavy atom. The standard InChI is InChI=1S/C54H74N2O13/c1-34-26-38-19-23-56(4,51(50(38)52(65-11)35(34)2)39-31-46(63-9)54(67-13)47(32-39)64-10)21-15-25-69-49(58)17-16-48(57)68-24-14-20-55(3)22-18-37-30-42(59-5)43(60-6)33-40(37)41(55)27-36-28-44(61-7)53(66-12)45(29-36)62-8/h26,28-33,41,51H,14-25,27H2,1-13H3/q+2. The highest BCUT2D eigenvalue weighted by atomic mass is 16.6. The quantitative estimate of drug-likeness (QED) is 0.0403. The lowest BCUT2D eigenvalue weighted by atomic mass is 9.82. The van der Waals surface area contributed by atoms with Gasteiger partial charge in [-0.05, 0) is 78.1 Å². The van der Waals surface area contributed by atoms with Crippen molar-refractivity contribution < 1.29 is 70.7 Å². The van der Waals surface area contributed by atoms with Crippen molar-refractivity contribution in [2.24, 2.45) is 0 Å². The van der Waals surface area contributed by atoms with Crippen LogP contribution < -0.4 is 42.6 Å². The van der Waals surface area contributed by atoms with Gasteiger partial charge in [-0.1, -0.05) is 6.07 Å². The van der Waals surface area contributed by atoms with E-state index in [1.165, 1.54) is 22.3 Å². The summed E-state index contributed by atoms with van der Waals surface area (Å²) in [6.45, 7) is 7.83. The maximum absolute atomic E-state index is 13.0. The fraction of sp³-hybridized carbons (Fsp3) is 0.519. The number of hydrogen-bond acceptors (Lipinski definition) is 13. The summed E-state index contributed by atoms with van der Waals surface area (Å²) in [7, 11) is 19.2. The number of nitrogens with zero attached hydrogens (tertiary/aromatic N) is 2. The molecule has 15 heteroatoms. The summed E-state index contributed by atoms with van der Waals surface area (Å²) in [5.74, 6) is 4.78. The molecule has 69 heavy (non-hydrogen) atoms. The van der Waals surface area contributed by atoms with Gasteiger partial charge in [0.2, 0.25) is 11.5 Å². The van der Waals surface area contributed by atoms with Crippen molar-refractivity contribution in [3.8, 4) is 51.7 Å². The summed E-state index contributed by atoms with van der Waals surface area (Å²) in [4.78, 5) is 26.0. The zero-order valence-corrected chi connectivity index (χ0v) is 43.1. The number of ether oxygens (including phenoxy) is 11. The van der Waals surface area contributed by atoms with E-state index in [1.807, 2.05) is 24.3 Å². The van der Waals surface area contributed by atoms with Crippen molar-refractivity contribution in [1.82, 2.24) is 0 Å². The molecule has 4 atom stereocenters. The lowest BCUT2D eigenvalue weighted by Crippen LogP contribution is -2.52. The lowest BCUT2D eigenvalue weighted by Gasteiger charge is -2.46. The van der Waals surface area contributed by atoms with Gasteiger partial charge in [-0.15, -0.1) is 0 Å². The largest absolute Gasteiger partial charge is 0.496 e. The molecule has 2 aliphatic rings. The summed E-state index contributed by atoms with van der Waals surface area (Å²) in [5, 5.41) is 0. The third kappa shape index (κ3) is 11.2. The average Bonchev–Trinajstić information content (AvgIpc) is 3.36. The van der Waals surface area contributed by atoms with Gasteiger partial charge in [-0.2, -0.15) is 0 Å². The third-order valence-corrected chi connectivity index (χ3v) is 14.4. The summed E-state index contributed by atoms with van der Waals surface area (Å²) in [6.07, 6.45) is 3.49. The first-order valence-corrected chi connectivity index (χ1v) is 23.7. The minimum atomic E-state index is -0.431. The molecule has 0 saturated carbocycles. The van der Waals surface area contributed by atoms with Crippen LogP contribution in [-0.4, -0.2) is 138 Å². The van der Waals surface area contributed by atoms with E-state index in [9.17, 15) is 9.59 Å². The molecule has 6 rings (SSSR count). The van der Waals surface area contributed by atoms with Gasteiger partial charge in [0.05, 0.1) is 136 Å². The van der Waals surface area contributed by atoms with Gasteiger partial charge in [0.15, 0.2) is 34.5 Å². The molecule has 2 heterocycles. The summed E-state index contributed by atoms with van der Waals surface area (Å²) in [6, 6.07) is 14.4. The molecule has 4 aromatic rings. The molecule has 0 aliphatic carbocycles. The molecule has 0 N–H and O–H groups in total. The molecule has 0 saturated heterocycles. The second-order valence-corrected chi connectivity index (χ2v) is 18.4. The van der Waals surface area contributed by atoms with Gasteiger partial charge in [-0.25, -0.2) is 0 Å². The van der Waals surface area contributed by atoms with Gasteiger partial charge in [0, 0.05) is 43.2 Å². The lowest BCUT2D eigenvalue weighted by molar-refractivity contribution is -0.941. The Morgan fingerprint density at radius 2 is 1.00 bits per heavy atom. The first kappa shape index (κ1) is 52.3. The average molecular weight is 959 g/mol. The SMILES string of the molecule is COc1cc2c(cc1OC)C(Cc1cc(OC)c(OC)c(OC)c1)[N+](C)(CCCOC(=O)CCC(=O)OCCC[N+]1(C)CCc3cc(C)c(C)c(OC)c3C1c1cc(OC)c(OC)c(OC)c1)CC2. The Kier molecular flexibility index (Phi) is 17.5. The monoisotopic (exact) mass is 959 g/mol. The second-order valence-electron chi connectivity index (χ2n) is 18.4. The number of hydrogen-bond donors (Lipinski definition) is 0. The maximum Gasteiger partial charge on any atom is 0.306 e. The number of likely N-dealkylation sites (N-methyl/N-ethyl adjacent to an activating group) is 2. The Morgan fingerprint density at radius 1 is 0.536 bits per heavy atom. The Hall–Kier alpha value is -6.06. The van der Waals surface area contributed by atoms with E-state index >= 15 is 0 Å². The number of benzene rings is 4. The van der Waals surface area contributed by atoms with E-state index in [2.05, 4.69) is 46.1 Å². The number of carbonyl (C=O) groups excluding carboxylic acids is 2. The number of carbonyl (C=O) groups is 2. The van der Waals surface area contributed by atoms with E-state index in [0.29, 0.717) is 80.8 Å². The highest BCUT2D eigenvalue weighted by molar-refractivity contribution is 5.77. The molecule has 4 aromatic carbocycles. The van der Waals surface area contributed by atoms with E-state index in [0.717, 1.165) is 60.5 Å². The van der Waals surface area contributed by atoms with Crippen molar-refractivity contribution in [2.75, 3.05) is 117 Å². The smallest absolute Gasteiger partial charge is 0.306 e. The first-order valence-electron chi connectivity index (χ1n) is 23.7. The highest BCUT2D eigenvalue weighted by Gasteiger charge is 2.44. The number of methoxy groups -OCH3 is 9. The number of rotatable bonds is 23. The van der Waals surface area contributed by atoms with Crippen LogP contribution in [0.4, 0.5) is 0 Å². The summed E-state index contributed by atoms with van der Waals surface area (Å²) >= 11 is 0. The van der Waals surface area contributed by atoms with Crippen molar-refractivity contribution in [1.29, 1.82) is 0 Å². The maximum atomic E-state index is 13.0. The molecule has 0 fully saturated rings. The van der Waals surface area contributed by atoms with Crippen LogP contribution in [0, 0.1) is 13.8 Å². The Bertz CT molecular complexity index is 2410. The minimum Gasteiger partial charge on any atom is -0.496 e. The number of aryl methyl sites for hydroxylation is 1. The van der Waals surface area contributed by atoms with Crippen LogP contribution in [0.3, 0.4) is 0 Å². The molecule has 0 spiro atoms. The molecule has 4 unspecified atom stereocenters. The molecule has 0 amide bonds. The van der Waals surface area contributed by atoms with Crippen LogP contribution in [0.25, 0.3) is 0 Å². The predicted octanol–water partition coefficient (Wildman–Crippen LogP) is 8.11. The molecule has 0 bridgehead atoms. The zero-order valence-electron chi connectivity index (χ0n) is 43.1. The zero-order chi connectivity index (χ0) is 50.0. The van der Waals surface area contributed by atoms with Crippen LogP contribution in [-0.2, 0) is 38.3 Å². The summed E-state index contributed by atoms with van der Waals surface area (Å²) < 4.78 is 64.6. The van der Waals surface area contributed by atoms with Crippen LogP contribution in [0.15, 0.2) is 42.5 Å². The molecule has 0 aromatic heterocycles. The van der Waals surface area contributed by atoms with Crippen molar-refractivity contribution in [2.45, 2.75) is 70.9 Å².